The van der Waals surface area contributed by atoms with Gasteiger partial charge >= 0.3 is 0 Å². The summed E-state index contributed by atoms with van der Waals surface area (Å²) in [5.74, 6) is -0.153. The van der Waals surface area contributed by atoms with Gasteiger partial charge in [0.05, 0.1) is 6.20 Å². The molecule has 1 amide bonds. The molecule has 2 rings (SSSR count). The van der Waals surface area contributed by atoms with Crippen LogP contribution in [0.3, 0.4) is 0 Å². The maximum absolute atomic E-state index is 11.9. The number of amides is 1. The SMILES string of the molecule is CCOCCCNC(=O)c1cnn2cccnc12. The van der Waals surface area contributed by atoms with Crippen LogP contribution in [-0.2, 0) is 4.74 Å². The van der Waals surface area contributed by atoms with Gasteiger partial charge in [0.25, 0.3) is 5.91 Å². The number of aromatic nitrogens is 3. The van der Waals surface area contributed by atoms with E-state index in [1.807, 2.05) is 6.92 Å². The fraction of sp³-hybridized carbons (Fsp3) is 0.417. The molecule has 2 aromatic rings. The Bertz CT molecular complexity index is 524. The summed E-state index contributed by atoms with van der Waals surface area (Å²) < 4.78 is 6.77. The molecule has 6 heteroatoms. The van der Waals surface area contributed by atoms with Gasteiger partial charge in [-0.3, -0.25) is 4.79 Å². The van der Waals surface area contributed by atoms with E-state index in [2.05, 4.69) is 15.4 Å². The van der Waals surface area contributed by atoms with Gasteiger partial charge in [0, 0.05) is 32.2 Å². The van der Waals surface area contributed by atoms with Crippen LogP contribution in [0.2, 0.25) is 0 Å². The average Bonchev–Trinajstić information content (AvgIpc) is 2.82. The van der Waals surface area contributed by atoms with Crippen LogP contribution in [0.1, 0.15) is 23.7 Å². The van der Waals surface area contributed by atoms with Gasteiger partial charge in [0.15, 0.2) is 5.65 Å². The highest BCUT2D eigenvalue weighted by Crippen LogP contribution is 2.06. The first-order valence-electron chi connectivity index (χ1n) is 5.97. The second kappa shape index (κ2) is 6.11. The minimum absolute atomic E-state index is 0.153. The third-order valence-corrected chi connectivity index (χ3v) is 2.48. The summed E-state index contributed by atoms with van der Waals surface area (Å²) in [5, 5.41) is 6.89. The maximum Gasteiger partial charge on any atom is 0.256 e. The number of carbonyl (C=O) groups is 1. The number of ether oxygens (including phenoxy) is 1. The Morgan fingerprint density at radius 1 is 1.56 bits per heavy atom. The van der Waals surface area contributed by atoms with E-state index in [9.17, 15) is 4.79 Å². The lowest BCUT2D eigenvalue weighted by Crippen LogP contribution is -2.25. The zero-order chi connectivity index (χ0) is 12.8. The first kappa shape index (κ1) is 12.5. The van der Waals surface area contributed by atoms with Gasteiger partial charge in [-0.05, 0) is 19.4 Å². The molecular weight excluding hydrogens is 232 g/mol. The average molecular weight is 248 g/mol. The topological polar surface area (TPSA) is 68.5 Å². The van der Waals surface area contributed by atoms with E-state index in [1.54, 1.807) is 23.0 Å². The Labute approximate surface area is 105 Å². The number of fused-ring (bicyclic) bond motifs is 1. The summed E-state index contributed by atoms with van der Waals surface area (Å²) in [6, 6.07) is 1.77. The van der Waals surface area contributed by atoms with Crippen molar-refractivity contribution in [2.75, 3.05) is 19.8 Å². The number of rotatable bonds is 6. The number of carbonyl (C=O) groups excluding carboxylic acids is 1. The van der Waals surface area contributed by atoms with Crippen molar-refractivity contribution in [3.8, 4) is 0 Å². The van der Waals surface area contributed by atoms with Crippen LogP contribution in [-0.4, -0.2) is 40.3 Å². The zero-order valence-electron chi connectivity index (χ0n) is 10.3. The highest BCUT2D eigenvalue weighted by molar-refractivity contribution is 5.99. The normalized spacial score (nSPS) is 10.7. The minimum Gasteiger partial charge on any atom is -0.382 e. The Kier molecular flexibility index (Phi) is 4.25. The molecule has 0 aliphatic rings. The van der Waals surface area contributed by atoms with Crippen molar-refractivity contribution < 1.29 is 9.53 Å². The standard InChI is InChI=1S/C12H16N4O2/c1-2-18-8-4-6-14-12(17)10-9-15-16-7-3-5-13-11(10)16/h3,5,7,9H,2,4,6,8H2,1H3,(H,14,17). The van der Waals surface area contributed by atoms with Gasteiger partial charge < -0.3 is 10.1 Å². The van der Waals surface area contributed by atoms with Crippen molar-refractivity contribution in [1.29, 1.82) is 0 Å². The molecular formula is C12H16N4O2. The van der Waals surface area contributed by atoms with Crippen LogP contribution in [0.4, 0.5) is 0 Å². The zero-order valence-corrected chi connectivity index (χ0v) is 10.3. The lowest BCUT2D eigenvalue weighted by molar-refractivity contribution is 0.0945. The molecule has 0 aromatic carbocycles. The summed E-state index contributed by atoms with van der Waals surface area (Å²) in [6.45, 7) is 3.89. The largest absolute Gasteiger partial charge is 0.382 e. The molecule has 0 aliphatic heterocycles. The van der Waals surface area contributed by atoms with Crippen molar-refractivity contribution >= 4 is 11.6 Å². The first-order chi connectivity index (χ1) is 8.83. The molecule has 0 fully saturated rings. The Morgan fingerprint density at radius 2 is 2.44 bits per heavy atom. The van der Waals surface area contributed by atoms with Gasteiger partial charge in [-0.25, -0.2) is 9.50 Å². The second-order valence-electron chi connectivity index (χ2n) is 3.75. The first-order valence-corrected chi connectivity index (χ1v) is 5.97. The van der Waals surface area contributed by atoms with Gasteiger partial charge in [0.2, 0.25) is 0 Å². The van der Waals surface area contributed by atoms with Crippen LogP contribution >= 0.6 is 0 Å². The van der Waals surface area contributed by atoms with Crippen molar-refractivity contribution in [2.45, 2.75) is 13.3 Å². The molecule has 0 unspecified atom stereocenters. The van der Waals surface area contributed by atoms with Gasteiger partial charge in [-0.2, -0.15) is 5.10 Å². The highest BCUT2D eigenvalue weighted by atomic mass is 16.5. The van der Waals surface area contributed by atoms with Crippen molar-refractivity contribution in [3.63, 3.8) is 0 Å². The van der Waals surface area contributed by atoms with E-state index in [-0.39, 0.29) is 5.91 Å². The Balaban J connectivity index is 1.93. The summed E-state index contributed by atoms with van der Waals surface area (Å²) >= 11 is 0. The number of hydrogen-bond donors (Lipinski definition) is 1. The second-order valence-corrected chi connectivity index (χ2v) is 3.75. The molecule has 0 atom stereocenters. The molecule has 0 radical (unpaired) electrons. The maximum atomic E-state index is 11.9. The lowest BCUT2D eigenvalue weighted by atomic mass is 10.3. The Hall–Kier alpha value is -1.95. The molecule has 0 aliphatic carbocycles. The van der Waals surface area contributed by atoms with Crippen molar-refractivity contribution in [3.05, 3.63) is 30.2 Å². The van der Waals surface area contributed by atoms with E-state index in [0.29, 0.717) is 31.0 Å². The van der Waals surface area contributed by atoms with Crippen LogP contribution in [0.15, 0.2) is 24.7 Å². The van der Waals surface area contributed by atoms with E-state index in [0.717, 1.165) is 6.42 Å². The summed E-state index contributed by atoms with van der Waals surface area (Å²) in [4.78, 5) is 16.0. The monoisotopic (exact) mass is 248 g/mol. The minimum atomic E-state index is -0.153. The predicted molar refractivity (Wildman–Crippen MR) is 66.4 cm³/mol. The molecule has 96 valence electrons. The molecule has 2 aromatic heterocycles. The summed E-state index contributed by atoms with van der Waals surface area (Å²) in [6.07, 6.45) is 5.73. The Morgan fingerprint density at radius 3 is 3.28 bits per heavy atom. The fourth-order valence-electron chi connectivity index (χ4n) is 1.60. The number of nitrogens with zero attached hydrogens (tertiary/aromatic N) is 3. The molecule has 0 saturated carbocycles. The van der Waals surface area contributed by atoms with Gasteiger partial charge in [-0.1, -0.05) is 0 Å². The van der Waals surface area contributed by atoms with E-state index in [1.165, 1.54) is 6.20 Å². The van der Waals surface area contributed by atoms with E-state index in [4.69, 9.17) is 4.74 Å². The van der Waals surface area contributed by atoms with E-state index < -0.39 is 0 Å². The predicted octanol–water partition coefficient (Wildman–Crippen LogP) is 0.886. The molecule has 2 heterocycles. The quantitative estimate of drug-likeness (QED) is 0.771. The van der Waals surface area contributed by atoms with Gasteiger partial charge in [0.1, 0.15) is 5.56 Å². The van der Waals surface area contributed by atoms with E-state index >= 15 is 0 Å². The molecule has 0 bridgehead atoms. The molecule has 0 spiro atoms. The highest BCUT2D eigenvalue weighted by Gasteiger charge is 2.12. The molecule has 6 nitrogen and oxygen atoms in total. The van der Waals surface area contributed by atoms with Gasteiger partial charge in [-0.15, -0.1) is 0 Å². The molecule has 18 heavy (non-hydrogen) atoms. The summed E-state index contributed by atoms with van der Waals surface area (Å²) in [5.41, 5.74) is 1.06. The fourth-order valence-corrected chi connectivity index (χ4v) is 1.60. The molecule has 0 saturated heterocycles. The third kappa shape index (κ3) is 2.84. The van der Waals surface area contributed by atoms with Crippen LogP contribution in [0.25, 0.3) is 5.65 Å². The number of hydrogen-bond acceptors (Lipinski definition) is 4. The molecule has 1 N–H and O–H groups in total. The van der Waals surface area contributed by atoms with Crippen molar-refractivity contribution in [1.82, 2.24) is 19.9 Å². The van der Waals surface area contributed by atoms with Crippen LogP contribution in [0, 0.1) is 0 Å². The number of nitrogens with one attached hydrogen (secondary N) is 1. The lowest BCUT2D eigenvalue weighted by Gasteiger charge is -2.03. The van der Waals surface area contributed by atoms with Crippen molar-refractivity contribution in [2.24, 2.45) is 0 Å². The smallest absolute Gasteiger partial charge is 0.256 e. The third-order valence-electron chi connectivity index (χ3n) is 2.48. The van der Waals surface area contributed by atoms with Crippen LogP contribution in [0.5, 0.6) is 0 Å². The van der Waals surface area contributed by atoms with Crippen LogP contribution < -0.4 is 5.32 Å². The summed E-state index contributed by atoms with van der Waals surface area (Å²) in [7, 11) is 0.